The molecule has 0 aliphatic carbocycles. The standard InChI is InChI=1S/C19H17BrCl2N2O4S/c20-10-3-1-9(2-4-10)8-29-19-23-13-5-11(21)12(22)6-14(13)24(19)18-17(27)16(26)15(7-25)28-18/h1-6,15-18,25-27H,7-8H2/t15-,16-,17-,18-/m1/s1. The van der Waals surface area contributed by atoms with Gasteiger partial charge in [-0.1, -0.05) is 63.0 Å². The van der Waals surface area contributed by atoms with Crippen molar-refractivity contribution in [3.05, 3.63) is 56.5 Å². The fourth-order valence-corrected chi connectivity index (χ4v) is 4.81. The number of fused-ring (bicyclic) bond motifs is 1. The second-order valence-corrected chi connectivity index (χ2v) is 9.34. The number of hydrogen-bond acceptors (Lipinski definition) is 6. The van der Waals surface area contributed by atoms with Gasteiger partial charge in [0.25, 0.3) is 0 Å². The van der Waals surface area contributed by atoms with Crippen LogP contribution in [0.25, 0.3) is 11.0 Å². The molecular formula is C19H17BrCl2N2O4S. The van der Waals surface area contributed by atoms with Crippen LogP contribution in [0.3, 0.4) is 0 Å². The van der Waals surface area contributed by atoms with Gasteiger partial charge in [0.15, 0.2) is 11.4 Å². The molecule has 0 radical (unpaired) electrons. The molecular weight excluding hydrogens is 503 g/mol. The fourth-order valence-electron chi connectivity index (χ4n) is 3.24. The minimum Gasteiger partial charge on any atom is -0.394 e. The monoisotopic (exact) mass is 518 g/mol. The number of thioether (sulfide) groups is 1. The quantitative estimate of drug-likeness (QED) is 0.441. The van der Waals surface area contributed by atoms with E-state index in [-0.39, 0.29) is 0 Å². The maximum Gasteiger partial charge on any atom is 0.171 e. The highest BCUT2D eigenvalue weighted by molar-refractivity contribution is 9.10. The summed E-state index contributed by atoms with van der Waals surface area (Å²) in [5.41, 5.74) is 2.30. The molecule has 4 rings (SSSR count). The van der Waals surface area contributed by atoms with Crippen LogP contribution in [0.4, 0.5) is 0 Å². The van der Waals surface area contributed by atoms with E-state index in [9.17, 15) is 15.3 Å². The normalized spacial score (nSPS) is 24.5. The Labute approximate surface area is 189 Å². The van der Waals surface area contributed by atoms with Gasteiger partial charge in [-0.3, -0.25) is 4.57 Å². The summed E-state index contributed by atoms with van der Waals surface area (Å²) in [6, 6.07) is 11.2. The van der Waals surface area contributed by atoms with Crippen molar-refractivity contribution in [1.82, 2.24) is 9.55 Å². The first-order chi connectivity index (χ1) is 13.9. The maximum atomic E-state index is 10.5. The molecule has 0 unspecified atom stereocenters. The number of halogens is 3. The molecule has 0 saturated carbocycles. The Morgan fingerprint density at radius 2 is 1.79 bits per heavy atom. The lowest BCUT2D eigenvalue weighted by Crippen LogP contribution is -2.33. The molecule has 0 bridgehead atoms. The lowest BCUT2D eigenvalue weighted by molar-refractivity contribution is -0.0546. The molecule has 1 aromatic heterocycles. The van der Waals surface area contributed by atoms with Crippen LogP contribution in [0.1, 0.15) is 11.8 Å². The van der Waals surface area contributed by atoms with Crippen molar-refractivity contribution in [3.63, 3.8) is 0 Å². The molecule has 4 atom stereocenters. The van der Waals surface area contributed by atoms with E-state index < -0.39 is 31.1 Å². The molecule has 154 valence electrons. The summed E-state index contributed by atoms with van der Waals surface area (Å²) in [5, 5.41) is 31.5. The summed E-state index contributed by atoms with van der Waals surface area (Å²) in [6.07, 6.45) is -4.25. The lowest BCUT2D eigenvalue weighted by atomic mass is 10.1. The van der Waals surface area contributed by atoms with Gasteiger partial charge in [0.05, 0.1) is 27.7 Å². The number of hydrogen-bond donors (Lipinski definition) is 3. The zero-order valence-electron chi connectivity index (χ0n) is 14.9. The third-order valence-electron chi connectivity index (χ3n) is 4.75. The van der Waals surface area contributed by atoms with Crippen LogP contribution in [0, 0.1) is 0 Å². The highest BCUT2D eigenvalue weighted by Gasteiger charge is 2.44. The predicted octanol–water partition coefficient (Wildman–Crippen LogP) is 4.01. The van der Waals surface area contributed by atoms with E-state index in [1.54, 1.807) is 16.7 Å². The summed E-state index contributed by atoms with van der Waals surface area (Å²) in [4.78, 5) is 4.64. The molecule has 10 heteroatoms. The number of aromatic nitrogens is 2. The molecule has 1 aliphatic heterocycles. The average Bonchev–Trinajstić information content (AvgIpc) is 3.18. The molecule has 3 N–H and O–H groups in total. The third kappa shape index (κ3) is 4.18. The van der Waals surface area contributed by atoms with Crippen molar-refractivity contribution in [3.8, 4) is 0 Å². The van der Waals surface area contributed by atoms with E-state index in [1.807, 2.05) is 24.3 Å². The fraction of sp³-hybridized carbons (Fsp3) is 0.316. The molecule has 29 heavy (non-hydrogen) atoms. The molecule has 2 heterocycles. The van der Waals surface area contributed by atoms with Gasteiger partial charge in [0.1, 0.15) is 18.3 Å². The van der Waals surface area contributed by atoms with Crippen LogP contribution in [-0.4, -0.2) is 49.8 Å². The zero-order chi connectivity index (χ0) is 20.7. The Hall–Kier alpha value is -0.840. The first kappa shape index (κ1) is 21.4. The molecule has 1 saturated heterocycles. The SMILES string of the molecule is OC[C@H]1O[C@@H](n2c(SCc3ccc(Br)cc3)nc3cc(Cl)c(Cl)cc32)[C@H](O)[C@@H]1O. The zero-order valence-corrected chi connectivity index (χ0v) is 18.8. The highest BCUT2D eigenvalue weighted by atomic mass is 79.9. The predicted molar refractivity (Wildman–Crippen MR) is 116 cm³/mol. The second-order valence-electron chi connectivity index (χ2n) is 6.66. The Bertz CT molecular complexity index is 1030. The van der Waals surface area contributed by atoms with E-state index >= 15 is 0 Å². The van der Waals surface area contributed by atoms with E-state index in [1.165, 1.54) is 11.8 Å². The Balaban J connectivity index is 1.74. The van der Waals surface area contributed by atoms with Crippen LogP contribution in [0.2, 0.25) is 10.0 Å². The van der Waals surface area contributed by atoms with E-state index in [0.29, 0.717) is 32.0 Å². The Morgan fingerprint density at radius 3 is 2.45 bits per heavy atom. The van der Waals surface area contributed by atoms with Crippen LogP contribution in [-0.2, 0) is 10.5 Å². The number of benzene rings is 2. The average molecular weight is 520 g/mol. The minimum absolute atomic E-state index is 0.344. The van der Waals surface area contributed by atoms with Crippen LogP contribution in [0.15, 0.2) is 46.0 Å². The van der Waals surface area contributed by atoms with Crippen molar-refractivity contribution >= 4 is 61.9 Å². The summed E-state index contributed by atoms with van der Waals surface area (Å²) in [6.45, 7) is -0.407. The molecule has 2 aromatic carbocycles. The first-order valence-corrected chi connectivity index (χ1v) is 11.3. The van der Waals surface area contributed by atoms with E-state index in [2.05, 4.69) is 20.9 Å². The van der Waals surface area contributed by atoms with Gasteiger partial charge in [-0.05, 0) is 29.8 Å². The van der Waals surface area contributed by atoms with Gasteiger partial charge in [-0.25, -0.2) is 4.98 Å². The number of ether oxygens (including phenoxy) is 1. The number of rotatable bonds is 5. The maximum absolute atomic E-state index is 10.5. The number of aliphatic hydroxyl groups excluding tert-OH is 3. The lowest BCUT2D eigenvalue weighted by Gasteiger charge is -2.20. The summed E-state index contributed by atoms with van der Waals surface area (Å²) in [7, 11) is 0. The van der Waals surface area contributed by atoms with Crippen LogP contribution in [0.5, 0.6) is 0 Å². The van der Waals surface area contributed by atoms with Gasteiger partial charge in [-0.2, -0.15) is 0 Å². The summed E-state index contributed by atoms with van der Waals surface area (Å²) >= 11 is 17.2. The smallest absolute Gasteiger partial charge is 0.171 e. The highest BCUT2D eigenvalue weighted by Crippen LogP contribution is 2.39. The van der Waals surface area contributed by atoms with Gasteiger partial charge in [0.2, 0.25) is 0 Å². The van der Waals surface area contributed by atoms with E-state index in [4.69, 9.17) is 27.9 Å². The molecule has 0 spiro atoms. The van der Waals surface area contributed by atoms with Crippen LogP contribution < -0.4 is 0 Å². The van der Waals surface area contributed by atoms with Gasteiger partial charge in [0, 0.05) is 10.2 Å². The molecule has 1 fully saturated rings. The second kappa shape index (κ2) is 8.72. The van der Waals surface area contributed by atoms with E-state index in [0.717, 1.165) is 10.0 Å². The molecule has 0 amide bonds. The summed E-state index contributed by atoms with van der Waals surface area (Å²) < 4.78 is 8.44. The van der Waals surface area contributed by atoms with Crippen molar-refractivity contribution < 1.29 is 20.1 Å². The van der Waals surface area contributed by atoms with Gasteiger partial charge in [-0.15, -0.1) is 0 Å². The topological polar surface area (TPSA) is 87.7 Å². The Morgan fingerprint density at radius 1 is 1.10 bits per heavy atom. The van der Waals surface area contributed by atoms with Crippen molar-refractivity contribution in [2.24, 2.45) is 0 Å². The third-order valence-corrected chi connectivity index (χ3v) is 7.03. The number of aliphatic hydroxyl groups is 3. The molecule has 6 nitrogen and oxygen atoms in total. The molecule has 3 aromatic rings. The number of nitrogens with zero attached hydrogens (tertiary/aromatic N) is 2. The largest absolute Gasteiger partial charge is 0.394 e. The summed E-state index contributed by atoms with van der Waals surface area (Å²) in [5.74, 6) is 0.632. The molecule has 1 aliphatic rings. The van der Waals surface area contributed by atoms with Gasteiger partial charge >= 0.3 is 0 Å². The van der Waals surface area contributed by atoms with Crippen molar-refractivity contribution in [2.45, 2.75) is 35.4 Å². The van der Waals surface area contributed by atoms with Gasteiger partial charge < -0.3 is 20.1 Å². The number of imidazole rings is 1. The minimum atomic E-state index is -1.23. The Kier molecular flexibility index (Phi) is 6.44. The van der Waals surface area contributed by atoms with Crippen molar-refractivity contribution in [2.75, 3.05) is 6.61 Å². The first-order valence-electron chi connectivity index (χ1n) is 8.75. The van der Waals surface area contributed by atoms with Crippen molar-refractivity contribution in [1.29, 1.82) is 0 Å². The van der Waals surface area contributed by atoms with Crippen LogP contribution >= 0.6 is 50.9 Å².